The lowest BCUT2D eigenvalue weighted by Gasteiger charge is -2.34. The molecule has 0 aliphatic carbocycles. The van der Waals surface area contributed by atoms with E-state index in [0.717, 1.165) is 6.42 Å². The fourth-order valence-electron chi connectivity index (χ4n) is 2.89. The Bertz CT molecular complexity index is 492. The zero-order valence-electron chi connectivity index (χ0n) is 13.1. The van der Waals surface area contributed by atoms with Gasteiger partial charge < -0.3 is 10.1 Å². The van der Waals surface area contributed by atoms with Crippen LogP contribution in [0.25, 0.3) is 0 Å². The molecule has 2 aliphatic heterocycles. The van der Waals surface area contributed by atoms with Crippen LogP contribution in [0.1, 0.15) is 26.7 Å². The molecule has 0 bridgehead atoms. The van der Waals surface area contributed by atoms with Crippen LogP contribution < -0.4 is 5.32 Å². The molecule has 21 heavy (non-hydrogen) atoms. The summed E-state index contributed by atoms with van der Waals surface area (Å²) in [4.78, 5) is 12.0. The van der Waals surface area contributed by atoms with Crippen molar-refractivity contribution < 1.29 is 17.9 Å². The first kappa shape index (κ1) is 16.7. The number of nitrogens with one attached hydrogen (secondary N) is 1. The van der Waals surface area contributed by atoms with Gasteiger partial charge in [-0.25, -0.2) is 0 Å². The zero-order valence-corrected chi connectivity index (χ0v) is 13.9. The maximum atomic E-state index is 12.2. The van der Waals surface area contributed by atoms with Gasteiger partial charge in [-0.2, -0.15) is 17.0 Å². The molecule has 2 heterocycles. The quantitative estimate of drug-likeness (QED) is 0.778. The number of carbonyl (C=O) groups is 1. The van der Waals surface area contributed by atoms with Crippen molar-refractivity contribution in [2.75, 3.05) is 27.2 Å². The molecule has 0 saturated carbocycles. The summed E-state index contributed by atoms with van der Waals surface area (Å²) in [6.07, 6.45) is 0.781. The molecular formula is C13H25N3O4S. The average molecular weight is 319 g/mol. The Kier molecular flexibility index (Phi) is 4.92. The molecule has 2 aliphatic rings. The number of nitrogens with zero attached hydrogens (tertiary/aromatic N) is 2. The molecule has 7 nitrogen and oxygen atoms in total. The van der Waals surface area contributed by atoms with Gasteiger partial charge in [-0.15, -0.1) is 0 Å². The van der Waals surface area contributed by atoms with Gasteiger partial charge in [-0.05, 0) is 32.6 Å². The van der Waals surface area contributed by atoms with Crippen LogP contribution in [0.2, 0.25) is 0 Å². The number of rotatable bonds is 4. The lowest BCUT2D eigenvalue weighted by atomic mass is 9.93. The summed E-state index contributed by atoms with van der Waals surface area (Å²) in [7, 11) is -0.362. The average Bonchev–Trinajstić information content (AvgIpc) is 2.80. The first-order valence-corrected chi connectivity index (χ1v) is 8.75. The van der Waals surface area contributed by atoms with Gasteiger partial charge in [0.2, 0.25) is 5.91 Å². The number of carbonyl (C=O) groups excluding carboxylic acids is 1. The number of piperidine rings is 1. The fourth-order valence-corrected chi connectivity index (χ4v) is 4.02. The molecule has 1 N–H and O–H groups in total. The van der Waals surface area contributed by atoms with Crippen molar-refractivity contribution in [1.29, 1.82) is 0 Å². The number of ether oxygens (including phenoxy) is 1. The maximum absolute atomic E-state index is 12.2. The van der Waals surface area contributed by atoms with Crippen molar-refractivity contribution in [3.63, 3.8) is 0 Å². The van der Waals surface area contributed by atoms with Gasteiger partial charge in [-0.3, -0.25) is 4.79 Å². The third-order valence-electron chi connectivity index (χ3n) is 4.03. The van der Waals surface area contributed by atoms with Gasteiger partial charge in [-0.1, -0.05) is 0 Å². The predicted molar refractivity (Wildman–Crippen MR) is 78.8 cm³/mol. The highest BCUT2D eigenvalue weighted by Crippen LogP contribution is 2.34. The Hall–Kier alpha value is -0.700. The maximum Gasteiger partial charge on any atom is 0.281 e. The lowest BCUT2D eigenvalue weighted by Crippen LogP contribution is -2.49. The molecule has 2 fully saturated rings. The normalized spacial score (nSPS) is 30.7. The Balaban J connectivity index is 1.99. The summed E-state index contributed by atoms with van der Waals surface area (Å²) < 4.78 is 32.8. The molecule has 1 amide bonds. The van der Waals surface area contributed by atoms with Gasteiger partial charge in [0, 0.05) is 33.2 Å². The Morgan fingerprint density at radius 1 is 1.38 bits per heavy atom. The van der Waals surface area contributed by atoms with Gasteiger partial charge in [0.25, 0.3) is 10.2 Å². The standard InChI is InChI=1S/C13H25N3O4S/c1-9(2)14-13(17)11-7-10-5-6-16(8-12(10)20-11)21(18,19)15(3)4/h9-12H,5-8H2,1-4H3,(H,14,17)/t10-,11-,12+/m0/s1. The summed E-state index contributed by atoms with van der Waals surface area (Å²) in [5.41, 5.74) is 0. The van der Waals surface area contributed by atoms with Crippen LogP contribution in [-0.2, 0) is 19.7 Å². The third-order valence-corrected chi connectivity index (χ3v) is 5.93. The molecule has 2 rings (SSSR count). The van der Waals surface area contributed by atoms with Crippen LogP contribution in [0.4, 0.5) is 0 Å². The Morgan fingerprint density at radius 3 is 2.62 bits per heavy atom. The van der Waals surface area contributed by atoms with Crippen molar-refractivity contribution in [3.05, 3.63) is 0 Å². The van der Waals surface area contributed by atoms with E-state index in [1.807, 2.05) is 13.8 Å². The Morgan fingerprint density at radius 2 is 2.05 bits per heavy atom. The van der Waals surface area contributed by atoms with E-state index in [9.17, 15) is 13.2 Å². The molecule has 0 aromatic rings. The van der Waals surface area contributed by atoms with E-state index in [0.29, 0.717) is 19.5 Å². The van der Waals surface area contributed by atoms with Crippen LogP contribution in [0.5, 0.6) is 0 Å². The fraction of sp³-hybridized carbons (Fsp3) is 0.923. The van der Waals surface area contributed by atoms with Crippen LogP contribution in [0.3, 0.4) is 0 Å². The van der Waals surface area contributed by atoms with Crippen LogP contribution >= 0.6 is 0 Å². The van der Waals surface area contributed by atoms with E-state index in [2.05, 4.69) is 5.32 Å². The summed E-state index contributed by atoms with van der Waals surface area (Å²) in [6.45, 7) is 4.64. The topological polar surface area (TPSA) is 79.0 Å². The van der Waals surface area contributed by atoms with E-state index in [1.165, 1.54) is 22.7 Å². The molecule has 0 spiro atoms. The molecule has 0 unspecified atom stereocenters. The highest BCUT2D eigenvalue weighted by Gasteiger charge is 2.44. The highest BCUT2D eigenvalue weighted by molar-refractivity contribution is 7.86. The van der Waals surface area contributed by atoms with E-state index in [4.69, 9.17) is 4.74 Å². The van der Waals surface area contributed by atoms with Gasteiger partial charge >= 0.3 is 0 Å². The van der Waals surface area contributed by atoms with Crippen molar-refractivity contribution in [2.24, 2.45) is 5.92 Å². The lowest BCUT2D eigenvalue weighted by molar-refractivity contribution is -0.133. The monoisotopic (exact) mass is 319 g/mol. The molecule has 0 aromatic heterocycles. The van der Waals surface area contributed by atoms with E-state index < -0.39 is 16.3 Å². The van der Waals surface area contributed by atoms with E-state index in [-0.39, 0.29) is 24.0 Å². The molecular weight excluding hydrogens is 294 g/mol. The first-order chi connectivity index (χ1) is 9.71. The van der Waals surface area contributed by atoms with Crippen LogP contribution in [0.15, 0.2) is 0 Å². The summed E-state index contributed by atoms with van der Waals surface area (Å²) in [5, 5.41) is 2.85. The van der Waals surface area contributed by atoms with E-state index >= 15 is 0 Å². The second kappa shape index (κ2) is 6.20. The predicted octanol–water partition coefficient (Wildman–Crippen LogP) is -0.203. The minimum absolute atomic E-state index is 0.0781. The third kappa shape index (κ3) is 3.56. The molecule has 3 atom stereocenters. The Labute approximate surface area is 126 Å². The second-order valence-electron chi connectivity index (χ2n) is 6.26. The van der Waals surface area contributed by atoms with Gasteiger partial charge in [0.05, 0.1) is 6.10 Å². The summed E-state index contributed by atoms with van der Waals surface area (Å²) in [6, 6.07) is 0.0781. The molecule has 122 valence electrons. The van der Waals surface area contributed by atoms with Gasteiger partial charge in [0.1, 0.15) is 6.10 Å². The SMILES string of the molecule is CC(C)NC(=O)[C@@H]1C[C@@H]2CCN(S(=O)(=O)N(C)C)C[C@H]2O1. The summed E-state index contributed by atoms with van der Waals surface area (Å²) in [5.74, 6) is 0.169. The smallest absolute Gasteiger partial charge is 0.281 e. The minimum atomic E-state index is -3.41. The molecule has 0 radical (unpaired) electrons. The van der Waals surface area contributed by atoms with Crippen molar-refractivity contribution in [2.45, 2.75) is 44.9 Å². The number of amides is 1. The first-order valence-electron chi connectivity index (χ1n) is 7.35. The van der Waals surface area contributed by atoms with Crippen LogP contribution in [0, 0.1) is 5.92 Å². The molecule has 0 aromatic carbocycles. The zero-order chi connectivity index (χ0) is 15.8. The van der Waals surface area contributed by atoms with Crippen molar-refractivity contribution >= 4 is 16.1 Å². The van der Waals surface area contributed by atoms with E-state index in [1.54, 1.807) is 0 Å². The number of hydrogen-bond acceptors (Lipinski definition) is 4. The van der Waals surface area contributed by atoms with Crippen molar-refractivity contribution in [1.82, 2.24) is 13.9 Å². The largest absolute Gasteiger partial charge is 0.363 e. The minimum Gasteiger partial charge on any atom is -0.363 e. The molecule has 2 saturated heterocycles. The summed E-state index contributed by atoms with van der Waals surface area (Å²) >= 11 is 0. The van der Waals surface area contributed by atoms with Crippen molar-refractivity contribution in [3.8, 4) is 0 Å². The van der Waals surface area contributed by atoms with Gasteiger partial charge in [0.15, 0.2) is 0 Å². The number of hydrogen-bond donors (Lipinski definition) is 1. The highest BCUT2D eigenvalue weighted by atomic mass is 32.2. The second-order valence-corrected chi connectivity index (χ2v) is 8.40. The molecule has 8 heteroatoms. The number of fused-ring (bicyclic) bond motifs is 1. The van der Waals surface area contributed by atoms with Crippen LogP contribution in [-0.4, -0.2) is 68.4 Å².